The van der Waals surface area contributed by atoms with Crippen molar-refractivity contribution in [2.24, 2.45) is 7.05 Å². The second-order valence-electron chi connectivity index (χ2n) is 5.88. The minimum absolute atomic E-state index is 0.471. The van der Waals surface area contributed by atoms with Gasteiger partial charge in [0.05, 0.1) is 30.3 Å². The number of para-hydroxylation sites is 3. The van der Waals surface area contributed by atoms with Crippen molar-refractivity contribution < 1.29 is 9.47 Å². The molecule has 0 N–H and O–H groups in total. The van der Waals surface area contributed by atoms with Crippen molar-refractivity contribution >= 4 is 22.7 Å². The molecule has 2 aromatic carbocycles. The number of hydrogen-bond acceptors (Lipinski definition) is 4. The smallest absolute Gasteiger partial charge is 0.168 e. The minimum Gasteiger partial charge on any atom is -0.493 e. The molecule has 1 heterocycles. The van der Waals surface area contributed by atoms with Gasteiger partial charge in [-0.05, 0) is 30.7 Å². The Kier molecular flexibility index (Phi) is 5.23. The highest BCUT2D eigenvalue weighted by atomic mass is 16.5. The van der Waals surface area contributed by atoms with Crippen LogP contribution in [0.4, 0.5) is 0 Å². The van der Waals surface area contributed by atoms with Gasteiger partial charge in [0.1, 0.15) is 6.07 Å². The Morgan fingerprint density at radius 1 is 1.23 bits per heavy atom. The predicted octanol–water partition coefficient (Wildman–Crippen LogP) is 4.43. The van der Waals surface area contributed by atoms with Gasteiger partial charge in [-0.25, -0.2) is 4.98 Å². The van der Waals surface area contributed by atoms with E-state index in [0.717, 1.165) is 23.0 Å². The maximum absolute atomic E-state index is 9.74. The third-order valence-corrected chi connectivity index (χ3v) is 4.13. The lowest BCUT2D eigenvalue weighted by Crippen LogP contribution is -2.00. The van der Waals surface area contributed by atoms with Crippen LogP contribution in [0, 0.1) is 11.3 Å². The van der Waals surface area contributed by atoms with E-state index in [1.807, 2.05) is 61.0 Å². The quantitative estimate of drug-likeness (QED) is 0.619. The van der Waals surface area contributed by atoms with Gasteiger partial charge in [-0.2, -0.15) is 5.26 Å². The van der Waals surface area contributed by atoms with Crippen LogP contribution in [0.15, 0.2) is 42.5 Å². The Hall–Kier alpha value is -3.26. The van der Waals surface area contributed by atoms with E-state index in [-0.39, 0.29) is 0 Å². The summed E-state index contributed by atoms with van der Waals surface area (Å²) in [5, 5.41) is 9.74. The molecule has 0 unspecified atom stereocenters. The van der Waals surface area contributed by atoms with E-state index in [0.29, 0.717) is 29.5 Å². The summed E-state index contributed by atoms with van der Waals surface area (Å²) in [5.41, 5.74) is 3.11. The van der Waals surface area contributed by atoms with Gasteiger partial charge in [-0.15, -0.1) is 0 Å². The summed E-state index contributed by atoms with van der Waals surface area (Å²) in [6, 6.07) is 15.7. The SMILES string of the molecule is CCCOc1c(/C=C(/C#N)c2nc3ccccc3n2C)cccc1OC. The van der Waals surface area contributed by atoms with E-state index in [4.69, 9.17) is 9.47 Å². The lowest BCUT2D eigenvalue weighted by molar-refractivity contribution is 0.293. The molecule has 0 spiro atoms. The van der Waals surface area contributed by atoms with Crippen LogP contribution in [-0.4, -0.2) is 23.3 Å². The first kappa shape index (κ1) is 17.6. The Balaban J connectivity index is 2.12. The van der Waals surface area contributed by atoms with E-state index in [2.05, 4.69) is 11.1 Å². The first-order chi connectivity index (χ1) is 12.7. The van der Waals surface area contributed by atoms with E-state index in [9.17, 15) is 5.26 Å². The Morgan fingerprint density at radius 2 is 2.04 bits per heavy atom. The number of aromatic nitrogens is 2. The molecule has 3 rings (SSSR count). The second kappa shape index (κ2) is 7.75. The topological polar surface area (TPSA) is 60.1 Å². The highest BCUT2D eigenvalue weighted by Gasteiger charge is 2.15. The maximum Gasteiger partial charge on any atom is 0.168 e. The third-order valence-electron chi connectivity index (χ3n) is 4.13. The zero-order valence-electron chi connectivity index (χ0n) is 15.2. The molecular weight excluding hydrogens is 326 g/mol. The van der Waals surface area contributed by atoms with Crippen molar-refractivity contribution in [1.82, 2.24) is 9.55 Å². The summed E-state index contributed by atoms with van der Waals surface area (Å²) in [5.74, 6) is 1.91. The van der Waals surface area contributed by atoms with Crippen LogP contribution in [0.25, 0.3) is 22.7 Å². The van der Waals surface area contributed by atoms with Gasteiger partial charge in [-0.1, -0.05) is 31.2 Å². The van der Waals surface area contributed by atoms with Crippen LogP contribution in [-0.2, 0) is 7.05 Å². The van der Waals surface area contributed by atoms with Crippen LogP contribution in [0.1, 0.15) is 24.7 Å². The molecule has 0 bridgehead atoms. The molecular formula is C21H21N3O2. The lowest BCUT2D eigenvalue weighted by Gasteiger charge is -2.13. The van der Waals surface area contributed by atoms with Gasteiger partial charge < -0.3 is 14.0 Å². The first-order valence-electron chi connectivity index (χ1n) is 8.53. The van der Waals surface area contributed by atoms with E-state index in [1.54, 1.807) is 13.2 Å². The molecule has 0 saturated carbocycles. The number of ether oxygens (including phenoxy) is 2. The number of benzene rings is 2. The number of hydrogen-bond donors (Lipinski definition) is 0. The zero-order chi connectivity index (χ0) is 18.5. The normalized spacial score (nSPS) is 11.4. The Bertz CT molecular complexity index is 996. The summed E-state index contributed by atoms with van der Waals surface area (Å²) in [6.45, 7) is 2.63. The average Bonchev–Trinajstić information content (AvgIpc) is 3.01. The van der Waals surface area contributed by atoms with Gasteiger partial charge in [0.2, 0.25) is 0 Å². The number of aryl methyl sites for hydroxylation is 1. The fraction of sp³-hybridized carbons (Fsp3) is 0.238. The number of fused-ring (bicyclic) bond motifs is 1. The van der Waals surface area contributed by atoms with Crippen molar-refractivity contribution in [2.75, 3.05) is 13.7 Å². The molecule has 132 valence electrons. The highest BCUT2D eigenvalue weighted by Crippen LogP contribution is 2.34. The number of rotatable bonds is 6. The van der Waals surface area contributed by atoms with Gasteiger partial charge in [0.25, 0.3) is 0 Å². The third kappa shape index (κ3) is 3.27. The standard InChI is InChI=1S/C21H21N3O2/c1-4-12-26-20-15(8-7-11-19(20)25-3)13-16(14-22)21-23-17-9-5-6-10-18(17)24(21)2/h5-11,13H,4,12H2,1-3H3/b16-13-. The molecule has 5 heteroatoms. The summed E-state index contributed by atoms with van der Waals surface area (Å²) in [4.78, 5) is 4.61. The highest BCUT2D eigenvalue weighted by molar-refractivity contribution is 5.92. The largest absolute Gasteiger partial charge is 0.493 e. The van der Waals surface area contributed by atoms with Crippen LogP contribution in [0.5, 0.6) is 11.5 Å². The van der Waals surface area contributed by atoms with E-state index >= 15 is 0 Å². The Morgan fingerprint density at radius 3 is 2.73 bits per heavy atom. The fourth-order valence-corrected chi connectivity index (χ4v) is 2.85. The number of imidazole rings is 1. The molecule has 0 saturated heterocycles. The lowest BCUT2D eigenvalue weighted by atomic mass is 10.1. The van der Waals surface area contributed by atoms with Gasteiger partial charge >= 0.3 is 0 Å². The molecule has 0 fully saturated rings. The average molecular weight is 347 g/mol. The van der Waals surface area contributed by atoms with Gasteiger partial charge in [0.15, 0.2) is 17.3 Å². The van der Waals surface area contributed by atoms with Crippen molar-refractivity contribution in [3.63, 3.8) is 0 Å². The first-order valence-corrected chi connectivity index (χ1v) is 8.53. The molecule has 1 aromatic heterocycles. The number of allylic oxidation sites excluding steroid dienone is 1. The molecule has 5 nitrogen and oxygen atoms in total. The zero-order valence-corrected chi connectivity index (χ0v) is 15.2. The Labute approximate surface area is 153 Å². The van der Waals surface area contributed by atoms with Gasteiger partial charge in [0, 0.05) is 12.6 Å². The van der Waals surface area contributed by atoms with Crippen molar-refractivity contribution in [2.45, 2.75) is 13.3 Å². The molecule has 26 heavy (non-hydrogen) atoms. The van der Waals surface area contributed by atoms with Gasteiger partial charge in [-0.3, -0.25) is 0 Å². The monoisotopic (exact) mass is 347 g/mol. The summed E-state index contributed by atoms with van der Waals surface area (Å²) >= 11 is 0. The molecule has 0 amide bonds. The molecule has 0 aliphatic heterocycles. The fourth-order valence-electron chi connectivity index (χ4n) is 2.85. The number of nitrogens with zero attached hydrogens (tertiary/aromatic N) is 3. The minimum atomic E-state index is 0.471. The van der Waals surface area contributed by atoms with Crippen LogP contribution in [0.2, 0.25) is 0 Å². The molecule has 3 aromatic rings. The van der Waals surface area contributed by atoms with Crippen molar-refractivity contribution in [1.29, 1.82) is 5.26 Å². The number of methoxy groups -OCH3 is 1. The predicted molar refractivity (Wildman–Crippen MR) is 103 cm³/mol. The second-order valence-corrected chi connectivity index (χ2v) is 5.88. The molecule has 0 aliphatic carbocycles. The van der Waals surface area contributed by atoms with Crippen LogP contribution < -0.4 is 9.47 Å². The maximum atomic E-state index is 9.74. The molecule has 0 aliphatic rings. The van der Waals surface area contributed by atoms with E-state index in [1.165, 1.54) is 0 Å². The molecule has 0 radical (unpaired) electrons. The van der Waals surface area contributed by atoms with Crippen LogP contribution >= 0.6 is 0 Å². The van der Waals surface area contributed by atoms with Crippen LogP contribution in [0.3, 0.4) is 0 Å². The molecule has 0 atom stereocenters. The van der Waals surface area contributed by atoms with Crippen molar-refractivity contribution in [3.8, 4) is 17.6 Å². The summed E-state index contributed by atoms with van der Waals surface area (Å²) in [6.07, 6.45) is 2.69. The number of nitriles is 1. The summed E-state index contributed by atoms with van der Waals surface area (Å²) < 4.78 is 13.2. The van der Waals surface area contributed by atoms with Crippen molar-refractivity contribution in [3.05, 3.63) is 53.9 Å². The summed E-state index contributed by atoms with van der Waals surface area (Å²) in [7, 11) is 3.52. The van der Waals surface area contributed by atoms with E-state index < -0.39 is 0 Å².